The number of amides is 2. The fourth-order valence-corrected chi connectivity index (χ4v) is 4.10. The Morgan fingerprint density at radius 2 is 2.22 bits per heavy atom. The number of aryl methyl sites for hydroxylation is 1. The molecule has 0 radical (unpaired) electrons. The number of carbonyl (C=O) groups excluding carboxylic acids is 1. The van der Waals surface area contributed by atoms with Crippen molar-refractivity contribution in [3.63, 3.8) is 0 Å². The van der Waals surface area contributed by atoms with Crippen molar-refractivity contribution in [2.24, 2.45) is 5.92 Å². The van der Waals surface area contributed by atoms with Crippen LogP contribution in [-0.4, -0.2) is 42.3 Å². The zero-order chi connectivity index (χ0) is 16.3. The van der Waals surface area contributed by atoms with Gasteiger partial charge in [-0.2, -0.15) is 0 Å². The van der Waals surface area contributed by atoms with Gasteiger partial charge in [0.2, 0.25) is 0 Å². The summed E-state index contributed by atoms with van der Waals surface area (Å²) in [6, 6.07) is 8.65. The highest BCUT2D eigenvalue weighted by atomic mass is 16.3. The first-order chi connectivity index (χ1) is 11.1. The molecule has 1 aromatic rings. The second-order valence-corrected chi connectivity index (χ2v) is 7.37. The van der Waals surface area contributed by atoms with E-state index in [0.717, 1.165) is 32.2 Å². The molecule has 3 rings (SSSR count). The van der Waals surface area contributed by atoms with Crippen LogP contribution in [0.4, 0.5) is 4.79 Å². The van der Waals surface area contributed by atoms with Crippen molar-refractivity contribution in [3.05, 3.63) is 35.4 Å². The number of hydrogen-bond acceptors (Lipinski definition) is 2. The second kappa shape index (κ2) is 6.91. The zero-order valence-corrected chi connectivity index (χ0v) is 14.1. The monoisotopic (exact) mass is 316 g/mol. The summed E-state index contributed by atoms with van der Waals surface area (Å²) < 4.78 is 0. The van der Waals surface area contributed by atoms with Crippen LogP contribution in [0.1, 0.15) is 43.7 Å². The summed E-state index contributed by atoms with van der Waals surface area (Å²) in [6.07, 6.45) is 5.44. The summed E-state index contributed by atoms with van der Waals surface area (Å²) in [6.45, 7) is 4.60. The summed E-state index contributed by atoms with van der Waals surface area (Å²) in [7, 11) is 0. The molecule has 1 saturated heterocycles. The molecule has 2 aliphatic rings. The molecule has 126 valence electrons. The van der Waals surface area contributed by atoms with E-state index >= 15 is 0 Å². The molecule has 0 spiro atoms. The zero-order valence-electron chi connectivity index (χ0n) is 14.1. The molecule has 4 heteroatoms. The lowest BCUT2D eigenvalue weighted by Crippen LogP contribution is -2.49. The standard InChI is InChI=1S/C19H28N2O2/c1-19(10-4-8-16-7-2-3-9-17(16)19)14-20-18(23)21-11-5-6-15(12-21)13-22/h2-3,7,9,15,22H,4-6,8,10-14H2,1H3,(H,20,23)/t15-,19-/m1/s1. The van der Waals surface area contributed by atoms with Gasteiger partial charge in [-0.3, -0.25) is 0 Å². The molecule has 0 aromatic heterocycles. The van der Waals surface area contributed by atoms with E-state index in [1.807, 2.05) is 4.90 Å². The highest BCUT2D eigenvalue weighted by Crippen LogP contribution is 2.36. The number of piperidine rings is 1. The van der Waals surface area contributed by atoms with Gasteiger partial charge in [0, 0.05) is 31.7 Å². The van der Waals surface area contributed by atoms with Gasteiger partial charge in [-0.05, 0) is 49.1 Å². The maximum atomic E-state index is 12.5. The Morgan fingerprint density at radius 1 is 1.39 bits per heavy atom. The number of urea groups is 1. The number of carbonyl (C=O) groups is 1. The van der Waals surface area contributed by atoms with Crippen LogP contribution in [0.5, 0.6) is 0 Å². The number of nitrogens with one attached hydrogen (secondary N) is 1. The highest BCUT2D eigenvalue weighted by Gasteiger charge is 2.33. The number of benzene rings is 1. The molecular weight excluding hydrogens is 288 g/mol. The van der Waals surface area contributed by atoms with Gasteiger partial charge in [-0.15, -0.1) is 0 Å². The minimum absolute atomic E-state index is 0.0208. The molecule has 4 nitrogen and oxygen atoms in total. The minimum Gasteiger partial charge on any atom is -0.396 e. The van der Waals surface area contributed by atoms with E-state index in [9.17, 15) is 9.90 Å². The van der Waals surface area contributed by atoms with Gasteiger partial charge in [0.15, 0.2) is 0 Å². The van der Waals surface area contributed by atoms with Crippen LogP contribution >= 0.6 is 0 Å². The van der Waals surface area contributed by atoms with Gasteiger partial charge in [-0.25, -0.2) is 4.79 Å². The lowest BCUT2D eigenvalue weighted by Gasteiger charge is -2.38. The van der Waals surface area contributed by atoms with Gasteiger partial charge < -0.3 is 15.3 Å². The van der Waals surface area contributed by atoms with Gasteiger partial charge in [0.25, 0.3) is 0 Å². The molecule has 2 amide bonds. The molecule has 1 aliphatic carbocycles. The third-order valence-corrected chi connectivity index (χ3v) is 5.54. The van der Waals surface area contributed by atoms with Crippen LogP contribution < -0.4 is 5.32 Å². The maximum absolute atomic E-state index is 12.5. The van der Waals surface area contributed by atoms with Crippen molar-refractivity contribution < 1.29 is 9.90 Å². The summed E-state index contributed by atoms with van der Waals surface area (Å²) >= 11 is 0. The highest BCUT2D eigenvalue weighted by molar-refractivity contribution is 5.74. The van der Waals surface area contributed by atoms with Crippen LogP contribution in [0.3, 0.4) is 0 Å². The minimum atomic E-state index is 0.0208. The van der Waals surface area contributed by atoms with Crippen LogP contribution in [0.15, 0.2) is 24.3 Å². The Labute approximate surface area is 138 Å². The molecule has 0 bridgehead atoms. The van der Waals surface area contributed by atoms with Gasteiger partial charge in [0.05, 0.1) is 0 Å². The molecule has 1 heterocycles. The van der Waals surface area contributed by atoms with Crippen LogP contribution in [0, 0.1) is 5.92 Å². The summed E-state index contributed by atoms with van der Waals surface area (Å²) in [5.74, 6) is 0.237. The summed E-state index contributed by atoms with van der Waals surface area (Å²) in [5, 5.41) is 12.5. The van der Waals surface area contributed by atoms with Crippen LogP contribution in [-0.2, 0) is 11.8 Å². The van der Waals surface area contributed by atoms with E-state index < -0.39 is 0 Å². The number of aliphatic hydroxyl groups excluding tert-OH is 1. The largest absolute Gasteiger partial charge is 0.396 e. The smallest absolute Gasteiger partial charge is 0.317 e. The van der Waals surface area contributed by atoms with Gasteiger partial charge in [-0.1, -0.05) is 31.2 Å². The third-order valence-electron chi connectivity index (χ3n) is 5.54. The molecule has 23 heavy (non-hydrogen) atoms. The summed E-state index contributed by atoms with van der Waals surface area (Å²) in [4.78, 5) is 14.4. The van der Waals surface area contributed by atoms with Gasteiger partial charge in [0.1, 0.15) is 0 Å². The first-order valence-corrected chi connectivity index (χ1v) is 8.84. The summed E-state index contributed by atoms with van der Waals surface area (Å²) in [5.41, 5.74) is 2.84. The third kappa shape index (κ3) is 3.52. The first-order valence-electron chi connectivity index (χ1n) is 8.84. The first kappa shape index (κ1) is 16.3. The average molecular weight is 316 g/mol. The van der Waals surface area contributed by atoms with E-state index in [-0.39, 0.29) is 24.0 Å². The Hall–Kier alpha value is -1.55. The lowest BCUT2D eigenvalue weighted by atomic mass is 9.71. The lowest BCUT2D eigenvalue weighted by molar-refractivity contribution is 0.128. The van der Waals surface area contributed by atoms with Crippen molar-refractivity contribution in [3.8, 4) is 0 Å². The van der Waals surface area contributed by atoms with E-state index in [2.05, 4.69) is 36.5 Å². The Balaban J connectivity index is 1.63. The number of hydrogen-bond donors (Lipinski definition) is 2. The number of rotatable bonds is 3. The van der Waals surface area contributed by atoms with Crippen molar-refractivity contribution in [2.75, 3.05) is 26.2 Å². The number of likely N-dealkylation sites (tertiary alicyclic amines) is 1. The average Bonchev–Trinajstić information content (AvgIpc) is 2.60. The Morgan fingerprint density at radius 3 is 3.04 bits per heavy atom. The SMILES string of the molecule is C[C@]1(CNC(=O)N2CCC[C@@H](CO)C2)CCCc2ccccc21. The molecule has 0 unspecified atom stereocenters. The quantitative estimate of drug-likeness (QED) is 0.901. The number of aliphatic hydroxyl groups is 1. The van der Waals surface area contributed by atoms with Crippen molar-refractivity contribution in [1.82, 2.24) is 10.2 Å². The van der Waals surface area contributed by atoms with E-state index in [1.165, 1.54) is 17.5 Å². The molecule has 1 aromatic carbocycles. The Bertz CT molecular complexity index is 560. The van der Waals surface area contributed by atoms with Crippen molar-refractivity contribution >= 4 is 6.03 Å². The van der Waals surface area contributed by atoms with Gasteiger partial charge >= 0.3 is 6.03 Å². The van der Waals surface area contributed by atoms with Crippen molar-refractivity contribution in [2.45, 2.75) is 44.4 Å². The molecule has 2 N–H and O–H groups in total. The van der Waals surface area contributed by atoms with Crippen LogP contribution in [0.25, 0.3) is 0 Å². The number of fused-ring (bicyclic) bond motifs is 1. The Kier molecular flexibility index (Phi) is 4.90. The number of nitrogens with zero attached hydrogens (tertiary/aromatic N) is 1. The van der Waals surface area contributed by atoms with Crippen molar-refractivity contribution in [1.29, 1.82) is 0 Å². The molecular formula is C19H28N2O2. The van der Waals surface area contributed by atoms with Crippen LogP contribution in [0.2, 0.25) is 0 Å². The van der Waals surface area contributed by atoms with E-state index in [1.54, 1.807) is 0 Å². The molecule has 2 atom stereocenters. The topological polar surface area (TPSA) is 52.6 Å². The molecule has 1 fully saturated rings. The predicted molar refractivity (Wildman–Crippen MR) is 91.5 cm³/mol. The predicted octanol–water partition coefficient (Wildman–Crippen LogP) is 2.69. The second-order valence-electron chi connectivity index (χ2n) is 7.37. The maximum Gasteiger partial charge on any atom is 0.317 e. The fourth-order valence-electron chi connectivity index (χ4n) is 4.10. The van der Waals surface area contributed by atoms with E-state index in [4.69, 9.17) is 0 Å². The molecule has 1 aliphatic heterocycles. The normalized spacial score (nSPS) is 27.4. The van der Waals surface area contributed by atoms with E-state index in [0.29, 0.717) is 13.1 Å². The molecule has 0 saturated carbocycles. The fraction of sp³-hybridized carbons (Fsp3) is 0.632.